The van der Waals surface area contributed by atoms with Gasteiger partial charge in [-0.3, -0.25) is 14.9 Å². The van der Waals surface area contributed by atoms with Gasteiger partial charge >= 0.3 is 6.03 Å². The molecule has 1 aliphatic rings. The van der Waals surface area contributed by atoms with Gasteiger partial charge in [0.1, 0.15) is 13.2 Å². The molecule has 14 heavy (non-hydrogen) atoms. The number of barbiturate groups is 1. The maximum Gasteiger partial charge on any atom is 0.332 e. The quantitative estimate of drug-likeness (QED) is 0.423. The summed E-state index contributed by atoms with van der Waals surface area (Å²) in [5, 5.41) is 10.4. The van der Waals surface area contributed by atoms with Crippen LogP contribution in [0.5, 0.6) is 0 Å². The zero-order chi connectivity index (χ0) is 10.6. The van der Waals surface area contributed by atoms with Crippen LogP contribution in [0.2, 0.25) is 0 Å². The number of hydrogen-bond acceptors (Lipinski definition) is 5. The zero-order valence-electron chi connectivity index (χ0n) is 7.36. The van der Waals surface area contributed by atoms with Crippen LogP contribution in [0.15, 0.2) is 0 Å². The second kappa shape index (κ2) is 4.68. The van der Waals surface area contributed by atoms with Crippen LogP contribution < -0.4 is 5.32 Å². The van der Waals surface area contributed by atoms with Crippen molar-refractivity contribution < 1.29 is 24.2 Å². The number of aliphatic hydroxyl groups is 1. The van der Waals surface area contributed by atoms with E-state index in [9.17, 15) is 14.4 Å². The lowest BCUT2D eigenvalue weighted by atomic mass is 10.3. The highest BCUT2D eigenvalue weighted by molar-refractivity contribution is 6.13. The second-order valence-corrected chi connectivity index (χ2v) is 2.61. The van der Waals surface area contributed by atoms with Crippen molar-refractivity contribution in [1.29, 1.82) is 0 Å². The van der Waals surface area contributed by atoms with Gasteiger partial charge in [0.25, 0.3) is 0 Å². The monoisotopic (exact) mass is 202 g/mol. The molecule has 1 heterocycles. The highest BCUT2D eigenvalue weighted by Gasteiger charge is 2.30. The van der Waals surface area contributed by atoms with Gasteiger partial charge in [0, 0.05) is 0 Å². The molecule has 0 radical (unpaired) electrons. The summed E-state index contributed by atoms with van der Waals surface area (Å²) in [6.45, 7) is -0.411. The van der Waals surface area contributed by atoms with E-state index in [2.05, 4.69) is 0 Å². The van der Waals surface area contributed by atoms with E-state index in [4.69, 9.17) is 9.84 Å². The third kappa shape index (κ3) is 2.51. The molecule has 0 saturated carbocycles. The molecule has 0 aliphatic carbocycles. The Labute approximate surface area is 79.6 Å². The summed E-state index contributed by atoms with van der Waals surface area (Å²) in [6.07, 6.45) is -0.353. The summed E-state index contributed by atoms with van der Waals surface area (Å²) in [7, 11) is 0. The Bertz CT molecular complexity index is 245. The molecule has 78 valence electrons. The van der Waals surface area contributed by atoms with Gasteiger partial charge in [0.2, 0.25) is 11.8 Å². The molecule has 0 atom stereocenters. The Morgan fingerprint density at radius 3 is 2.71 bits per heavy atom. The van der Waals surface area contributed by atoms with Crippen molar-refractivity contribution in [3.63, 3.8) is 0 Å². The van der Waals surface area contributed by atoms with Gasteiger partial charge < -0.3 is 9.84 Å². The minimum Gasteiger partial charge on any atom is -0.394 e. The van der Waals surface area contributed by atoms with Crippen LogP contribution in [0.1, 0.15) is 6.42 Å². The van der Waals surface area contributed by atoms with E-state index in [1.54, 1.807) is 0 Å². The zero-order valence-corrected chi connectivity index (χ0v) is 7.36. The minimum absolute atomic E-state index is 0.0327. The predicted molar refractivity (Wildman–Crippen MR) is 42.9 cm³/mol. The van der Waals surface area contributed by atoms with Crippen molar-refractivity contribution in [2.75, 3.05) is 19.9 Å². The lowest BCUT2D eigenvalue weighted by Crippen LogP contribution is -2.53. The molecular formula is C7H10N2O5. The van der Waals surface area contributed by atoms with E-state index in [0.29, 0.717) is 0 Å². The Hall–Kier alpha value is -1.47. The van der Waals surface area contributed by atoms with Crippen LogP contribution in [0.25, 0.3) is 0 Å². The third-order valence-corrected chi connectivity index (χ3v) is 1.56. The molecule has 0 bridgehead atoms. The van der Waals surface area contributed by atoms with E-state index in [1.165, 1.54) is 0 Å². The first kappa shape index (κ1) is 10.6. The van der Waals surface area contributed by atoms with Crippen molar-refractivity contribution in [3.05, 3.63) is 0 Å². The van der Waals surface area contributed by atoms with Crippen molar-refractivity contribution in [2.24, 2.45) is 0 Å². The maximum absolute atomic E-state index is 11.1. The van der Waals surface area contributed by atoms with E-state index >= 15 is 0 Å². The van der Waals surface area contributed by atoms with E-state index < -0.39 is 17.8 Å². The summed E-state index contributed by atoms with van der Waals surface area (Å²) in [4.78, 5) is 33.6. The summed E-state index contributed by atoms with van der Waals surface area (Å²) in [6, 6.07) is -0.788. The molecule has 0 spiro atoms. The smallest absolute Gasteiger partial charge is 0.332 e. The first-order valence-electron chi connectivity index (χ1n) is 3.98. The Morgan fingerprint density at radius 2 is 2.14 bits per heavy atom. The van der Waals surface area contributed by atoms with Crippen LogP contribution in [0, 0.1) is 0 Å². The van der Waals surface area contributed by atoms with Crippen molar-refractivity contribution >= 4 is 17.8 Å². The summed E-state index contributed by atoms with van der Waals surface area (Å²) >= 11 is 0. The fraction of sp³-hybridized carbons (Fsp3) is 0.571. The number of imide groups is 2. The molecule has 7 nitrogen and oxygen atoms in total. The second-order valence-electron chi connectivity index (χ2n) is 2.61. The average Bonchev–Trinajstić information content (AvgIpc) is 2.09. The van der Waals surface area contributed by atoms with Gasteiger partial charge in [0.15, 0.2) is 0 Å². The van der Waals surface area contributed by atoms with Crippen LogP contribution in [0.4, 0.5) is 4.79 Å². The van der Waals surface area contributed by atoms with Gasteiger partial charge in [-0.05, 0) is 0 Å². The molecule has 1 aliphatic heterocycles. The molecule has 0 aromatic rings. The largest absolute Gasteiger partial charge is 0.394 e. The van der Waals surface area contributed by atoms with E-state index in [1.807, 2.05) is 5.32 Å². The highest BCUT2D eigenvalue weighted by Crippen LogP contribution is 2.02. The van der Waals surface area contributed by atoms with Gasteiger partial charge in [0.05, 0.1) is 13.2 Å². The molecule has 0 unspecified atom stereocenters. The van der Waals surface area contributed by atoms with Crippen LogP contribution in [-0.2, 0) is 14.3 Å². The molecule has 1 rings (SSSR count). The number of urea groups is 1. The maximum atomic E-state index is 11.1. The first-order chi connectivity index (χ1) is 6.65. The fourth-order valence-electron chi connectivity index (χ4n) is 0.928. The minimum atomic E-state index is -0.788. The fourth-order valence-corrected chi connectivity index (χ4v) is 0.928. The number of carbonyl (C=O) groups excluding carboxylic acids is 3. The molecule has 1 saturated heterocycles. The Balaban J connectivity index is 2.46. The first-order valence-corrected chi connectivity index (χ1v) is 3.98. The molecule has 2 N–H and O–H groups in total. The summed E-state index contributed by atoms with van der Waals surface area (Å²) < 4.78 is 4.78. The normalized spacial score (nSPS) is 17.2. The van der Waals surface area contributed by atoms with Gasteiger partial charge in [-0.15, -0.1) is 0 Å². The predicted octanol–water partition coefficient (Wildman–Crippen LogP) is -1.58. The SMILES string of the molecule is O=C1CC(=O)N(COCCO)C(=O)N1. The van der Waals surface area contributed by atoms with Gasteiger partial charge in [-0.25, -0.2) is 9.69 Å². The molecular weight excluding hydrogens is 192 g/mol. The van der Waals surface area contributed by atoms with Crippen molar-refractivity contribution in [1.82, 2.24) is 10.2 Å². The van der Waals surface area contributed by atoms with Crippen molar-refractivity contribution in [2.45, 2.75) is 6.42 Å². The van der Waals surface area contributed by atoms with E-state index in [-0.39, 0.29) is 26.4 Å². The molecule has 1 fully saturated rings. The van der Waals surface area contributed by atoms with Crippen LogP contribution >= 0.6 is 0 Å². The number of rotatable bonds is 4. The standard InChI is InChI=1S/C7H10N2O5/c10-1-2-14-4-9-6(12)3-5(11)8-7(9)13/h10H,1-4H2,(H,8,11,13). The van der Waals surface area contributed by atoms with E-state index in [0.717, 1.165) is 4.90 Å². The topological polar surface area (TPSA) is 95.9 Å². The molecule has 0 aromatic carbocycles. The number of hydrogen-bond donors (Lipinski definition) is 2. The van der Waals surface area contributed by atoms with Crippen molar-refractivity contribution in [3.8, 4) is 0 Å². The molecule has 7 heteroatoms. The lowest BCUT2D eigenvalue weighted by molar-refractivity contribution is -0.140. The van der Waals surface area contributed by atoms with Gasteiger partial charge in [-0.2, -0.15) is 0 Å². The number of nitrogens with one attached hydrogen (secondary N) is 1. The third-order valence-electron chi connectivity index (χ3n) is 1.56. The van der Waals surface area contributed by atoms with Crippen LogP contribution in [0.3, 0.4) is 0 Å². The number of carbonyl (C=O) groups is 3. The molecule has 4 amide bonds. The lowest BCUT2D eigenvalue weighted by Gasteiger charge is -2.23. The average molecular weight is 202 g/mol. The Morgan fingerprint density at radius 1 is 1.43 bits per heavy atom. The molecule has 0 aromatic heterocycles. The summed E-state index contributed by atoms with van der Waals surface area (Å²) in [5.74, 6) is -1.21. The van der Waals surface area contributed by atoms with Crippen LogP contribution in [-0.4, -0.2) is 47.8 Å². The Kier molecular flexibility index (Phi) is 3.55. The highest BCUT2D eigenvalue weighted by atomic mass is 16.5. The van der Waals surface area contributed by atoms with Gasteiger partial charge in [-0.1, -0.05) is 0 Å². The number of aliphatic hydroxyl groups excluding tert-OH is 1. The summed E-state index contributed by atoms with van der Waals surface area (Å²) in [5.41, 5.74) is 0. The number of nitrogens with zero attached hydrogens (tertiary/aromatic N) is 1. The number of ether oxygens (including phenoxy) is 1. The number of amides is 4.